The molecule has 20 heavy (non-hydrogen) atoms. The number of benzene rings is 1. The van der Waals surface area contributed by atoms with Crippen molar-refractivity contribution in [1.29, 1.82) is 0 Å². The fourth-order valence-corrected chi connectivity index (χ4v) is 2.85. The molecule has 2 rings (SSSR count). The first kappa shape index (κ1) is 15.0. The van der Waals surface area contributed by atoms with Crippen molar-refractivity contribution in [1.82, 2.24) is 5.32 Å². The zero-order valence-corrected chi connectivity index (χ0v) is 12.0. The van der Waals surface area contributed by atoms with Gasteiger partial charge in [-0.2, -0.15) is 0 Å². The summed E-state index contributed by atoms with van der Waals surface area (Å²) in [4.78, 5) is 12.2. The molecule has 0 radical (unpaired) electrons. The lowest BCUT2D eigenvalue weighted by atomic mass is 9.87. The van der Waals surface area contributed by atoms with E-state index < -0.39 is 0 Å². The zero-order chi connectivity index (χ0) is 14.4. The predicted octanol–water partition coefficient (Wildman–Crippen LogP) is 2.12. The number of aliphatic hydroxyl groups excluding tert-OH is 1. The molecule has 0 aliphatic heterocycles. The average Bonchev–Trinajstić information content (AvgIpc) is 2.95. The highest BCUT2D eigenvalue weighted by Crippen LogP contribution is 2.36. The molecule has 1 saturated carbocycles. The summed E-state index contributed by atoms with van der Waals surface area (Å²) < 4.78 is 5.07. The maximum atomic E-state index is 12.2. The molecule has 1 aliphatic carbocycles. The summed E-state index contributed by atoms with van der Waals surface area (Å²) in [6.07, 6.45) is 4.26. The topological polar surface area (TPSA) is 58.6 Å². The second-order valence-electron chi connectivity index (χ2n) is 5.68. The van der Waals surface area contributed by atoms with Crippen molar-refractivity contribution in [2.75, 3.05) is 20.3 Å². The highest BCUT2D eigenvalue weighted by molar-refractivity contribution is 5.94. The number of nitrogens with one attached hydrogen (secondary N) is 1. The van der Waals surface area contributed by atoms with Gasteiger partial charge in [-0.25, -0.2) is 0 Å². The number of carbonyl (C=O) groups excluding carboxylic acids is 1. The van der Waals surface area contributed by atoms with Gasteiger partial charge < -0.3 is 15.2 Å². The molecule has 0 spiro atoms. The minimum absolute atomic E-state index is 0.0809. The standard InChI is InChI=1S/C16H23NO3/c1-20-10-13-5-4-6-14(9-13)15(19)17-11-16(12-18)7-2-3-8-16/h4-6,9,18H,2-3,7-8,10-12H2,1H3,(H,17,19). The van der Waals surface area contributed by atoms with E-state index in [1.165, 1.54) is 0 Å². The molecule has 1 aliphatic rings. The van der Waals surface area contributed by atoms with Crippen LogP contribution in [0.5, 0.6) is 0 Å². The van der Waals surface area contributed by atoms with Crippen LogP contribution in [-0.4, -0.2) is 31.3 Å². The van der Waals surface area contributed by atoms with E-state index in [-0.39, 0.29) is 17.9 Å². The predicted molar refractivity (Wildman–Crippen MR) is 77.5 cm³/mol. The SMILES string of the molecule is COCc1cccc(C(=O)NCC2(CO)CCCC2)c1. The van der Waals surface area contributed by atoms with E-state index in [1.54, 1.807) is 13.2 Å². The molecule has 0 unspecified atom stereocenters. The van der Waals surface area contributed by atoms with E-state index in [1.807, 2.05) is 18.2 Å². The van der Waals surface area contributed by atoms with Crippen LogP contribution in [0.15, 0.2) is 24.3 Å². The van der Waals surface area contributed by atoms with Gasteiger partial charge in [0.15, 0.2) is 0 Å². The van der Waals surface area contributed by atoms with Gasteiger partial charge in [-0.15, -0.1) is 0 Å². The van der Waals surface area contributed by atoms with Crippen LogP contribution in [0.3, 0.4) is 0 Å². The van der Waals surface area contributed by atoms with Gasteiger partial charge in [0.2, 0.25) is 0 Å². The molecule has 4 nitrogen and oxygen atoms in total. The highest BCUT2D eigenvalue weighted by Gasteiger charge is 2.33. The van der Waals surface area contributed by atoms with Crippen LogP contribution in [0, 0.1) is 5.41 Å². The summed E-state index contributed by atoms with van der Waals surface area (Å²) in [5, 5.41) is 12.5. The minimum atomic E-state index is -0.111. The lowest BCUT2D eigenvalue weighted by molar-refractivity contribution is 0.0880. The molecule has 1 aromatic carbocycles. The van der Waals surface area contributed by atoms with Crippen LogP contribution in [-0.2, 0) is 11.3 Å². The third kappa shape index (κ3) is 3.58. The smallest absolute Gasteiger partial charge is 0.251 e. The molecule has 110 valence electrons. The molecule has 0 aromatic heterocycles. The molecule has 1 aromatic rings. The number of aliphatic hydroxyl groups is 1. The first-order valence-electron chi connectivity index (χ1n) is 7.16. The van der Waals surface area contributed by atoms with Crippen LogP contribution in [0.4, 0.5) is 0 Å². The molecule has 4 heteroatoms. The Labute approximate surface area is 120 Å². The zero-order valence-electron chi connectivity index (χ0n) is 12.0. The van der Waals surface area contributed by atoms with Gasteiger partial charge in [-0.3, -0.25) is 4.79 Å². The fourth-order valence-electron chi connectivity index (χ4n) is 2.85. The van der Waals surface area contributed by atoms with Crippen molar-refractivity contribution in [3.05, 3.63) is 35.4 Å². The molecule has 1 fully saturated rings. The Kier molecular flexibility index (Phi) is 5.15. The lowest BCUT2D eigenvalue weighted by Crippen LogP contribution is -2.38. The molecule has 1 amide bonds. The molecular formula is C16H23NO3. The van der Waals surface area contributed by atoms with Crippen LogP contribution in [0.2, 0.25) is 0 Å². The number of hydrogen-bond acceptors (Lipinski definition) is 3. The number of hydrogen-bond donors (Lipinski definition) is 2. The maximum Gasteiger partial charge on any atom is 0.251 e. The molecule has 2 N–H and O–H groups in total. The van der Waals surface area contributed by atoms with Crippen molar-refractivity contribution in [3.63, 3.8) is 0 Å². The Morgan fingerprint density at radius 1 is 1.40 bits per heavy atom. The van der Waals surface area contributed by atoms with Crippen LogP contribution >= 0.6 is 0 Å². The fraction of sp³-hybridized carbons (Fsp3) is 0.562. The van der Waals surface area contributed by atoms with Gasteiger partial charge in [-0.05, 0) is 30.5 Å². The first-order valence-corrected chi connectivity index (χ1v) is 7.16. The van der Waals surface area contributed by atoms with Crippen molar-refractivity contribution in [3.8, 4) is 0 Å². The normalized spacial score (nSPS) is 17.1. The van der Waals surface area contributed by atoms with Gasteiger partial charge in [0.1, 0.15) is 0 Å². The monoisotopic (exact) mass is 277 g/mol. The minimum Gasteiger partial charge on any atom is -0.396 e. The Morgan fingerprint density at radius 3 is 2.80 bits per heavy atom. The van der Waals surface area contributed by atoms with Crippen molar-refractivity contribution >= 4 is 5.91 Å². The summed E-state index contributed by atoms with van der Waals surface area (Å²) in [6.45, 7) is 1.20. The van der Waals surface area contributed by atoms with E-state index >= 15 is 0 Å². The maximum absolute atomic E-state index is 12.2. The Bertz CT molecular complexity index is 453. The molecule has 0 bridgehead atoms. The summed E-state index contributed by atoms with van der Waals surface area (Å²) >= 11 is 0. The number of rotatable bonds is 6. The summed E-state index contributed by atoms with van der Waals surface area (Å²) in [5.41, 5.74) is 1.52. The Balaban J connectivity index is 1.96. The van der Waals surface area contributed by atoms with Crippen LogP contribution < -0.4 is 5.32 Å². The van der Waals surface area contributed by atoms with Gasteiger partial charge in [0, 0.05) is 24.6 Å². The summed E-state index contributed by atoms with van der Waals surface area (Å²) in [6, 6.07) is 7.45. The van der Waals surface area contributed by atoms with E-state index in [2.05, 4.69) is 5.32 Å². The first-order chi connectivity index (χ1) is 9.69. The highest BCUT2D eigenvalue weighted by atomic mass is 16.5. The number of methoxy groups -OCH3 is 1. The van der Waals surface area contributed by atoms with Gasteiger partial charge in [0.25, 0.3) is 5.91 Å². The molecule has 0 heterocycles. The molecular weight excluding hydrogens is 254 g/mol. The van der Waals surface area contributed by atoms with Crippen molar-refractivity contribution in [2.24, 2.45) is 5.41 Å². The van der Waals surface area contributed by atoms with Crippen molar-refractivity contribution < 1.29 is 14.6 Å². The molecule has 0 atom stereocenters. The largest absolute Gasteiger partial charge is 0.396 e. The van der Waals surface area contributed by atoms with Gasteiger partial charge in [-0.1, -0.05) is 25.0 Å². The van der Waals surface area contributed by atoms with Gasteiger partial charge in [0.05, 0.1) is 13.2 Å². The summed E-state index contributed by atoms with van der Waals surface area (Å²) in [5.74, 6) is -0.0809. The Morgan fingerprint density at radius 2 is 2.15 bits per heavy atom. The number of ether oxygens (including phenoxy) is 1. The molecule has 0 saturated heterocycles. The van der Waals surface area contributed by atoms with Crippen LogP contribution in [0.1, 0.15) is 41.6 Å². The number of amides is 1. The second-order valence-corrected chi connectivity index (χ2v) is 5.68. The quantitative estimate of drug-likeness (QED) is 0.837. The summed E-state index contributed by atoms with van der Waals surface area (Å²) in [7, 11) is 1.64. The van der Waals surface area contributed by atoms with E-state index in [0.29, 0.717) is 18.7 Å². The number of carbonyl (C=O) groups is 1. The van der Waals surface area contributed by atoms with Crippen LogP contribution in [0.25, 0.3) is 0 Å². The average molecular weight is 277 g/mol. The van der Waals surface area contributed by atoms with E-state index in [4.69, 9.17) is 4.74 Å². The van der Waals surface area contributed by atoms with E-state index in [9.17, 15) is 9.90 Å². The van der Waals surface area contributed by atoms with Gasteiger partial charge >= 0.3 is 0 Å². The van der Waals surface area contributed by atoms with E-state index in [0.717, 1.165) is 31.2 Å². The Hall–Kier alpha value is -1.39. The van der Waals surface area contributed by atoms with Crippen molar-refractivity contribution in [2.45, 2.75) is 32.3 Å². The lowest BCUT2D eigenvalue weighted by Gasteiger charge is -2.26. The second kappa shape index (κ2) is 6.86. The third-order valence-corrected chi connectivity index (χ3v) is 4.12. The third-order valence-electron chi connectivity index (χ3n) is 4.12.